The second kappa shape index (κ2) is 5.43. The third-order valence-electron chi connectivity index (χ3n) is 3.07. The van der Waals surface area contributed by atoms with Gasteiger partial charge < -0.3 is 15.4 Å². The summed E-state index contributed by atoms with van der Waals surface area (Å²) in [4.78, 5) is 11.9. The van der Waals surface area contributed by atoms with Gasteiger partial charge in [0.15, 0.2) is 0 Å². The summed E-state index contributed by atoms with van der Waals surface area (Å²) in [6.07, 6.45) is 0.872. The molecule has 1 heterocycles. The molecule has 2 amide bonds. The molecule has 0 fully saturated rings. The van der Waals surface area contributed by atoms with Crippen LogP contribution < -0.4 is 15.4 Å². The smallest absolute Gasteiger partial charge is 0.323 e. The Kier molecular flexibility index (Phi) is 3.48. The maximum absolute atomic E-state index is 11.9. The van der Waals surface area contributed by atoms with Crippen molar-refractivity contribution in [1.29, 1.82) is 0 Å². The molecule has 3 rings (SSSR count). The van der Waals surface area contributed by atoms with Gasteiger partial charge >= 0.3 is 6.03 Å². The fourth-order valence-corrected chi connectivity index (χ4v) is 2.29. The first-order valence-corrected chi connectivity index (χ1v) is 6.68. The largest absolute Gasteiger partial charge is 0.493 e. The number of nitrogens with one attached hydrogen (secondary N) is 2. The molecule has 0 aromatic heterocycles. The van der Waals surface area contributed by atoms with Gasteiger partial charge in [0.05, 0.1) is 17.3 Å². The van der Waals surface area contributed by atoms with Crippen LogP contribution in [0.15, 0.2) is 42.5 Å². The monoisotopic (exact) mass is 288 g/mol. The molecule has 4 nitrogen and oxygen atoms in total. The molecule has 0 bridgehead atoms. The molecule has 1 aliphatic heterocycles. The predicted octanol–water partition coefficient (Wildman–Crippen LogP) is 3.92. The van der Waals surface area contributed by atoms with Gasteiger partial charge in [-0.1, -0.05) is 23.7 Å². The van der Waals surface area contributed by atoms with Crippen molar-refractivity contribution in [3.8, 4) is 5.75 Å². The summed E-state index contributed by atoms with van der Waals surface area (Å²) in [5.41, 5.74) is 2.43. The molecule has 102 valence electrons. The number of fused-ring (bicyclic) bond motifs is 1. The van der Waals surface area contributed by atoms with Crippen molar-refractivity contribution in [2.24, 2.45) is 0 Å². The molecule has 2 aromatic rings. The first-order valence-electron chi connectivity index (χ1n) is 6.30. The highest BCUT2D eigenvalue weighted by Crippen LogP contribution is 2.28. The van der Waals surface area contributed by atoms with Crippen molar-refractivity contribution < 1.29 is 9.53 Å². The van der Waals surface area contributed by atoms with E-state index in [1.807, 2.05) is 30.3 Å². The van der Waals surface area contributed by atoms with Gasteiger partial charge in [0.25, 0.3) is 0 Å². The standard InChI is InChI=1S/C15H13ClN2O2/c16-12-3-1-2-4-13(12)18-15(19)17-11-5-6-14-10(9-11)7-8-20-14/h1-6,9H,7-8H2,(H2,17,18,19). The first kappa shape index (κ1) is 12.8. The molecule has 2 aromatic carbocycles. The Morgan fingerprint density at radius 2 is 2.00 bits per heavy atom. The highest BCUT2D eigenvalue weighted by atomic mass is 35.5. The van der Waals surface area contributed by atoms with Crippen molar-refractivity contribution in [3.05, 3.63) is 53.1 Å². The molecule has 0 aliphatic carbocycles. The Morgan fingerprint density at radius 1 is 1.15 bits per heavy atom. The quantitative estimate of drug-likeness (QED) is 0.880. The number of benzene rings is 2. The molecule has 0 saturated carbocycles. The second-order valence-electron chi connectivity index (χ2n) is 4.48. The zero-order valence-corrected chi connectivity index (χ0v) is 11.4. The van der Waals surface area contributed by atoms with E-state index in [-0.39, 0.29) is 6.03 Å². The van der Waals surface area contributed by atoms with Crippen LogP contribution in [-0.4, -0.2) is 12.6 Å². The van der Waals surface area contributed by atoms with Gasteiger partial charge in [-0.05, 0) is 35.9 Å². The third-order valence-corrected chi connectivity index (χ3v) is 3.40. The van der Waals surface area contributed by atoms with Gasteiger partial charge in [-0.15, -0.1) is 0 Å². The fourth-order valence-electron chi connectivity index (χ4n) is 2.11. The zero-order chi connectivity index (χ0) is 13.9. The number of para-hydroxylation sites is 1. The number of carbonyl (C=O) groups excluding carboxylic acids is 1. The topological polar surface area (TPSA) is 50.4 Å². The summed E-state index contributed by atoms with van der Waals surface area (Å²) < 4.78 is 5.42. The number of hydrogen-bond donors (Lipinski definition) is 2. The number of hydrogen-bond acceptors (Lipinski definition) is 2. The lowest BCUT2D eigenvalue weighted by molar-refractivity contribution is 0.262. The van der Waals surface area contributed by atoms with Crippen molar-refractivity contribution >= 4 is 29.0 Å². The zero-order valence-electron chi connectivity index (χ0n) is 10.7. The first-order chi connectivity index (χ1) is 9.72. The number of halogens is 1. The number of urea groups is 1. The number of rotatable bonds is 2. The molecule has 0 unspecified atom stereocenters. The summed E-state index contributed by atoms with van der Waals surface area (Å²) >= 11 is 5.99. The van der Waals surface area contributed by atoms with Crippen molar-refractivity contribution in [3.63, 3.8) is 0 Å². The maximum atomic E-state index is 11.9. The molecule has 0 radical (unpaired) electrons. The van der Waals surface area contributed by atoms with E-state index in [1.54, 1.807) is 12.1 Å². The van der Waals surface area contributed by atoms with E-state index in [9.17, 15) is 4.79 Å². The SMILES string of the molecule is O=C(Nc1ccc2c(c1)CCO2)Nc1ccccc1Cl. The third kappa shape index (κ3) is 2.70. The molecule has 0 saturated heterocycles. The van der Waals surface area contributed by atoms with Crippen molar-refractivity contribution in [2.75, 3.05) is 17.2 Å². The van der Waals surface area contributed by atoms with Crippen LogP contribution in [0, 0.1) is 0 Å². The van der Waals surface area contributed by atoms with E-state index in [0.29, 0.717) is 17.3 Å². The van der Waals surface area contributed by atoms with Gasteiger partial charge in [-0.3, -0.25) is 0 Å². The summed E-state index contributed by atoms with van der Waals surface area (Å²) in [6, 6.07) is 12.4. The highest BCUT2D eigenvalue weighted by molar-refractivity contribution is 6.33. The van der Waals surface area contributed by atoms with E-state index in [2.05, 4.69) is 10.6 Å². The van der Waals surface area contributed by atoms with Gasteiger partial charge in [-0.25, -0.2) is 4.79 Å². The Labute approximate surface area is 121 Å². The van der Waals surface area contributed by atoms with E-state index < -0.39 is 0 Å². The minimum Gasteiger partial charge on any atom is -0.493 e. The normalized spacial score (nSPS) is 12.4. The van der Waals surface area contributed by atoms with Crippen LogP contribution in [0.2, 0.25) is 5.02 Å². The Morgan fingerprint density at radius 3 is 2.85 bits per heavy atom. The predicted molar refractivity (Wildman–Crippen MR) is 79.7 cm³/mol. The minimum atomic E-state index is -0.322. The van der Waals surface area contributed by atoms with Crippen LogP contribution in [-0.2, 0) is 6.42 Å². The van der Waals surface area contributed by atoms with Crippen LogP contribution in [0.1, 0.15) is 5.56 Å². The molecule has 0 atom stereocenters. The Bertz CT molecular complexity index is 658. The maximum Gasteiger partial charge on any atom is 0.323 e. The fraction of sp³-hybridized carbons (Fsp3) is 0.133. The number of ether oxygens (including phenoxy) is 1. The van der Waals surface area contributed by atoms with Gasteiger partial charge in [0.2, 0.25) is 0 Å². The average Bonchev–Trinajstić information content (AvgIpc) is 2.89. The molecule has 0 spiro atoms. The van der Waals surface area contributed by atoms with Crippen LogP contribution in [0.25, 0.3) is 0 Å². The second-order valence-corrected chi connectivity index (χ2v) is 4.89. The lowest BCUT2D eigenvalue weighted by Gasteiger charge is -2.09. The number of carbonyl (C=O) groups is 1. The van der Waals surface area contributed by atoms with Crippen molar-refractivity contribution in [1.82, 2.24) is 0 Å². The van der Waals surface area contributed by atoms with Crippen LogP contribution in [0.5, 0.6) is 5.75 Å². The van der Waals surface area contributed by atoms with E-state index in [1.165, 1.54) is 0 Å². The summed E-state index contributed by atoms with van der Waals surface area (Å²) in [5, 5.41) is 6.00. The van der Waals surface area contributed by atoms with E-state index >= 15 is 0 Å². The van der Waals surface area contributed by atoms with E-state index in [0.717, 1.165) is 23.4 Å². The van der Waals surface area contributed by atoms with Crippen LogP contribution in [0.3, 0.4) is 0 Å². The van der Waals surface area contributed by atoms with Gasteiger partial charge in [0.1, 0.15) is 5.75 Å². The molecular weight excluding hydrogens is 276 g/mol. The Balaban J connectivity index is 1.69. The van der Waals surface area contributed by atoms with Gasteiger partial charge in [0, 0.05) is 12.1 Å². The highest BCUT2D eigenvalue weighted by Gasteiger charge is 2.13. The molecule has 1 aliphatic rings. The van der Waals surface area contributed by atoms with Gasteiger partial charge in [-0.2, -0.15) is 0 Å². The summed E-state index contributed by atoms with van der Waals surface area (Å²) in [6.45, 7) is 0.699. The minimum absolute atomic E-state index is 0.322. The molecule has 5 heteroatoms. The summed E-state index contributed by atoms with van der Waals surface area (Å²) in [7, 11) is 0. The summed E-state index contributed by atoms with van der Waals surface area (Å²) in [5.74, 6) is 0.891. The van der Waals surface area contributed by atoms with Crippen LogP contribution >= 0.6 is 11.6 Å². The average molecular weight is 289 g/mol. The van der Waals surface area contributed by atoms with Crippen LogP contribution in [0.4, 0.5) is 16.2 Å². The molecule has 20 heavy (non-hydrogen) atoms. The lowest BCUT2D eigenvalue weighted by Crippen LogP contribution is -2.19. The molecular formula is C15H13ClN2O2. The van der Waals surface area contributed by atoms with Crippen molar-refractivity contribution in [2.45, 2.75) is 6.42 Å². The van der Waals surface area contributed by atoms with E-state index in [4.69, 9.17) is 16.3 Å². The Hall–Kier alpha value is -2.20. The molecule has 2 N–H and O–H groups in total. The number of anilines is 2. The number of amides is 2. The lowest BCUT2D eigenvalue weighted by atomic mass is 10.1.